The maximum Gasteiger partial charge on any atom is 0.313 e. The van der Waals surface area contributed by atoms with Gasteiger partial charge in [0.1, 0.15) is 12.4 Å². The number of nitrogens with one attached hydrogen (secondary N) is 2. The summed E-state index contributed by atoms with van der Waals surface area (Å²) in [6.07, 6.45) is 0. The Labute approximate surface area is 101 Å². The van der Waals surface area contributed by atoms with Crippen molar-refractivity contribution in [3.05, 3.63) is 29.0 Å². The van der Waals surface area contributed by atoms with E-state index in [1.54, 1.807) is 6.07 Å². The molecule has 0 aliphatic carbocycles. The molecule has 17 heavy (non-hydrogen) atoms. The highest BCUT2D eigenvalue weighted by atomic mass is 35.5. The van der Waals surface area contributed by atoms with E-state index in [2.05, 4.69) is 0 Å². The molecule has 0 saturated carbocycles. The minimum Gasteiger partial charge on any atom is -0.335 e. The van der Waals surface area contributed by atoms with Crippen molar-refractivity contribution in [2.45, 2.75) is 0 Å². The van der Waals surface area contributed by atoms with Crippen LogP contribution in [0.3, 0.4) is 0 Å². The number of anilines is 1. The molecule has 2 amide bonds. The van der Waals surface area contributed by atoms with Crippen LogP contribution >= 0.6 is 11.6 Å². The average molecular weight is 256 g/mol. The normalized spacial score (nSPS) is 9.24. The molecule has 0 atom stereocenters. The van der Waals surface area contributed by atoms with Crippen molar-refractivity contribution in [2.24, 2.45) is 0 Å². The number of halogens is 2. The average Bonchev–Trinajstić information content (AvgIpc) is 2.30. The van der Waals surface area contributed by atoms with Crippen molar-refractivity contribution in [1.29, 1.82) is 5.26 Å². The first-order chi connectivity index (χ1) is 8.04. The highest BCUT2D eigenvalue weighted by Crippen LogP contribution is 2.19. The van der Waals surface area contributed by atoms with Crippen molar-refractivity contribution in [1.82, 2.24) is 5.32 Å². The van der Waals surface area contributed by atoms with Crippen LogP contribution in [-0.4, -0.2) is 18.4 Å². The summed E-state index contributed by atoms with van der Waals surface area (Å²) in [6, 6.07) is 5.17. The monoisotopic (exact) mass is 255 g/mol. The molecule has 0 fully saturated rings. The zero-order chi connectivity index (χ0) is 12.8. The van der Waals surface area contributed by atoms with Gasteiger partial charge in [-0.2, -0.15) is 5.26 Å². The van der Waals surface area contributed by atoms with Gasteiger partial charge in [-0.1, -0.05) is 11.6 Å². The van der Waals surface area contributed by atoms with Gasteiger partial charge in [0, 0.05) is 5.02 Å². The number of rotatable bonds is 2. The standard InChI is InChI=1S/C10H7ClFN3O2/c11-6-1-2-7(12)8(5-6)15-10(17)9(16)14-4-3-13/h1-2,5H,4H2,(H,14,16)(H,15,17). The van der Waals surface area contributed by atoms with Gasteiger partial charge >= 0.3 is 11.8 Å². The predicted octanol–water partition coefficient (Wildman–Crippen LogP) is 1.06. The Bertz CT molecular complexity index is 499. The fourth-order valence-corrected chi connectivity index (χ4v) is 1.14. The van der Waals surface area contributed by atoms with Gasteiger partial charge in [0.15, 0.2) is 0 Å². The third-order valence-electron chi connectivity index (χ3n) is 1.71. The lowest BCUT2D eigenvalue weighted by atomic mass is 10.3. The molecule has 0 heterocycles. The number of nitrogens with zero attached hydrogens (tertiary/aromatic N) is 1. The number of benzene rings is 1. The molecule has 7 heteroatoms. The van der Waals surface area contributed by atoms with E-state index in [0.717, 1.165) is 6.07 Å². The van der Waals surface area contributed by atoms with E-state index in [-0.39, 0.29) is 17.3 Å². The van der Waals surface area contributed by atoms with Gasteiger partial charge in [0.2, 0.25) is 0 Å². The fraction of sp³-hybridized carbons (Fsp3) is 0.100. The van der Waals surface area contributed by atoms with Gasteiger partial charge in [-0.3, -0.25) is 9.59 Å². The molecular weight excluding hydrogens is 249 g/mol. The molecule has 0 spiro atoms. The lowest BCUT2D eigenvalue weighted by Gasteiger charge is -2.05. The van der Waals surface area contributed by atoms with E-state index < -0.39 is 17.6 Å². The first-order valence-corrected chi connectivity index (χ1v) is 4.83. The molecule has 0 aliphatic heterocycles. The molecule has 0 bridgehead atoms. The van der Waals surface area contributed by atoms with Crippen molar-refractivity contribution >= 4 is 29.1 Å². The number of carbonyl (C=O) groups is 2. The van der Waals surface area contributed by atoms with Gasteiger partial charge < -0.3 is 10.6 Å². The molecule has 0 unspecified atom stereocenters. The van der Waals surface area contributed by atoms with E-state index in [4.69, 9.17) is 16.9 Å². The zero-order valence-electron chi connectivity index (χ0n) is 8.46. The second-order valence-electron chi connectivity index (χ2n) is 2.92. The van der Waals surface area contributed by atoms with E-state index in [9.17, 15) is 14.0 Å². The Morgan fingerprint density at radius 2 is 2.12 bits per heavy atom. The molecule has 88 valence electrons. The summed E-state index contributed by atoms with van der Waals surface area (Å²) in [4.78, 5) is 22.3. The van der Waals surface area contributed by atoms with Gasteiger partial charge in [-0.25, -0.2) is 4.39 Å². The van der Waals surface area contributed by atoms with Crippen LogP contribution in [0.4, 0.5) is 10.1 Å². The van der Waals surface area contributed by atoms with Crippen LogP contribution in [0.2, 0.25) is 5.02 Å². The number of nitriles is 1. The zero-order valence-corrected chi connectivity index (χ0v) is 9.21. The molecule has 0 aromatic heterocycles. The molecule has 0 radical (unpaired) electrons. The Balaban J connectivity index is 2.71. The molecule has 1 aromatic carbocycles. The number of amides is 2. The van der Waals surface area contributed by atoms with Crippen molar-refractivity contribution in [3.63, 3.8) is 0 Å². The lowest BCUT2D eigenvalue weighted by Crippen LogP contribution is -2.35. The summed E-state index contributed by atoms with van der Waals surface area (Å²) in [7, 11) is 0. The first kappa shape index (κ1) is 12.9. The highest BCUT2D eigenvalue weighted by molar-refractivity contribution is 6.39. The first-order valence-electron chi connectivity index (χ1n) is 4.45. The van der Waals surface area contributed by atoms with Crippen molar-refractivity contribution in [2.75, 3.05) is 11.9 Å². The van der Waals surface area contributed by atoms with Crippen LogP contribution in [0.1, 0.15) is 0 Å². The summed E-state index contributed by atoms with van der Waals surface area (Å²) >= 11 is 5.60. The third kappa shape index (κ3) is 3.74. The Morgan fingerprint density at radius 1 is 1.41 bits per heavy atom. The van der Waals surface area contributed by atoms with E-state index in [1.807, 2.05) is 10.6 Å². The number of carbonyl (C=O) groups excluding carboxylic acids is 2. The van der Waals surface area contributed by atoms with E-state index >= 15 is 0 Å². The van der Waals surface area contributed by atoms with Crippen molar-refractivity contribution in [3.8, 4) is 6.07 Å². The summed E-state index contributed by atoms with van der Waals surface area (Å²) in [5.74, 6) is -2.80. The minimum atomic E-state index is -1.07. The van der Waals surface area contributed by atoms with Crippen LogP contribution in [-0.2, 0) is 9.59 Å². The van der Waals surface area contributed by atoms with Crippen LogP contribution in [0.5, 0.6) is 0 Å². The number of hydrogen-bond acceptors (Lipinski definition) is 3. The van der Waals surface area contributed by atoms with Crippen LogP contribution in [0, 0.1) is 17.1 Å². The second-order valence-corrected chi connectivity index (χ2v) is 3.36. The summed E-state index contributed by atoms with van der Waals surface area (Å²) < 4.78 is 13.2. The van der Waals surface area contributed by atoms with E-state index in [1.165, 1.54) is 12.1 Å². The Kier molecular flexibility index (Phi) is 4.43. The molecular formula is C10H7ClFN3O2. The summed E-state index contributed by atoms with van der Waals surface area (Å²) in [5, 5.41) is 12.5. The second kappa shape index (κ2) is 5.82. The molecule has 2 N–H and O–H groups in total. The van der Waals surface area contributed by atoms with Crippen LogP contribution in [0.15, 0.2) is 18.2 Å². The van der Waals surface area contributed by atoms with Crippen molar-refractivity contribution < 1.29 is 14.0 Å². The molecule has 0 aliphatic rings. The maximum atomic E-state index is 13.2. The maximum absolute atomic E-state index is 13.2. The van der Waals surface area contributed by atoms with E-state index in [0.29, 0.717) is 0 Å². The quantitative estimate of drug-likeness (QED) is 0.612. The summed E-state index contributed by atoms with van der Waals surface area (Å²) in [6.45, 7) is -0.301. The molecule has 1 rings (SSSR count). The van der Waals surface area contributed by atoms with Crippen LogP contribution in [0.25, 0.3) is 0 Å². The SMILES string of the molecule is N#CCNC(=O)C(=O)Nc1cc(Cl)ccc1F. The smallest absolute Gasteiger partial charge is 0.313 e. The lowest BCUT2D eigenvalue weighted by molar-refractivity contribution is -0.136. The minimum absolute atomic E-state index is 0.199. The predicted molar refractivity (Wildman–Crippen MR) is 58.7 cm³/mol. The highest BCUT2D eigenvalue weighted by Gasteiger charge is 2.15. The van der Waals surface area contributed by atoms with Crippen LogP contribution < -0.4 is 10.6 Å². The van der Waals surface area contributed by atoms with Gasteiger partial charge in [-0.05, 0) is 18.2 Å². The fourth-order valence-electron chi connectivity index (χ4n) is 0.972. The Hall–Kier alpha value is -2.13. The summed E-state index contributed by atoms with van der Waals surface area (Å²) in [5.41, 5.74) is -0.199. The van der Waals surface area contributed by atoms with Gasteiger partial charge in [0.25, 0.3) is 0 Å². The molecule has 5 nitrogen and oxygen atoms in total. The van der Waals surface area contributed by atoms with Gasteiger partial charge in [-0.15, -0.1) is 0 Å². The topological polar surface area (TPSA) is 82.0 Å². The third-order valence-corrected chi connectivity index (χ3v) is 1.95. The molecule has 0 saturated heterocycles. The molecule has 1 aromatic rings. The number of hydrogen-bond donors (Lipinski definition) is 2. The van der Waals surface area contributed by atoms with Gasteiger partial charge in [0.05, 0.1) is 11.8 Å². The Morgan fingerprint density at radius 3 is 2.76 bits per heavy atom. The largest absolute Gasteiger partial charge is 0.335 e.